The number of fused-ring (bicyclic) bond motifs is 15. The molecule has 8 aromatic rings. The summed E-state index contributed by atoms with van der Waals surface area (Å²) in [6.07, 6.45) is 9.62. The van der Waals surface area contributed by atoms with E-state index in [2.05, 4.69) is 243 Å². The number of anilines is 8. The molecule has 0 bridgehead atoms. The average molecular weight is 1020 g/mol. The fourth-order valence-corrected chi connectivity index (χ4v) is 18.0. The van der Waals surface area contributed by atoms with Crippen molar-refractivity contribution < 1.29 is 0 Å². The fourth-order valence-electron chi connectivity index (χ4n) is 18.0. The van der Waals surface area contributed by atoms with Crippen molar-refractivity contribution in [2.24, 2.45) is 0 Å². The van der Waals surface area contributed by atoms with Gasteiger partial charge in [-0.25, -0.2) is 0 Å². The lowest BCUT2D eigenvalue weighted by Gasteiger charge is -2.54. The maximum atomic E-state index is 2.92. The third kappa shape index (κ3) is 5.73. The van der Waals surface area contributed by atoms with Crippen molar-refractivity contribution in [1.29, 1.82) is 0 Å². The average Bonchev–Trinajstić information content (AvgIpc) is 2.01. The van der Waals surface area contributed by atoms with Crippen LogP contribution in [0.4, 0.5) is 45.5 Å². The summed E-state index contributed by atoms with van der Waals surface area (Å²) in [7, 11) is 0. The second-order valence-corrected chi connectivity index (χ2v) is 28.6. The van der Waals surface area contributed by atoms with Crippen LogP contribution in [-0.2, 0) is 32.5 Å². The minimum absolute atomic E-state index is 0.0156. The molecule has 3 atom stereocenters. The zero-order valence-corrected chi connectivity index (χ0v) is 48.0. The third-order valence-electron chi connectivity index (χ3n) is 22.7. The first-order chi connectivity index (χ1) is 37.3. The quantitative estimate of drug-likeness (QED) is 0.163. The first kappa shape index (κ1) is 47.2. The Hall–Kier alpha value is -6.78. The van der Waals surface area contributed by atoms with E-state index in [1.54, 1.807) is 5.56 Å². The first-order valence-corrected chi connectivity index (χ1v) is 29.8. The minimum atomic E-state index is -0.413. The summed E-state index contributed by atoms with van der Waals surface area (Å²) in [4.78, 5) is 8.36. The Morgan fingerprint density at radius 1 is 0.397 bits per heavy atom. The molecule has 4 aliphatic carbocycles. The van der Waals surface area contributed by atoms with Gasteiger partial charge in [-0.1, -0.05) is 178 Å². The predicted molar refractivity (Wildman–Crippen MR) is 330 cm³/mol. The number of hydrogen-bond donors (Lipinski definition) is 0. The van der Waals surface area contributed by atoms with Crippen LogP contribution < -0.4 is 31.1 Å². The molecular weight excluding hydrogens is 942 g/mol. The Labute approximate surface area is 464 Å². The zero-order valence-electron chi connectivity index (χ0n) is 48.0. The van der Waals surface area contributed by atoms with Crippen molar-refractivity contribution in [1.82, 2.24) is 0 Å². The Morgan fingerprint density at radius 2 is 0.974 bits per heavy atom. The summed E-state index contributed by atoms with van der Waals surface area (Å²) in [5.74, 6) is 0. The van der Waals surface area contributed by atoms with Gasteiger partial charge in [-0.05, 0) is 206 Å². The van der Waals surface area contributed by atoms with Crippen LogP contribution in [0.3, 0.4) is 0 Å². The lowest BCUT2D eigenvalue weighted by molar-refractivity contribution is 0.195. The summed E-state index contributed by atoms with van der Waals surface area (Å²) >= 11 is 0. The molecule has 3 nitrogen and oxygen atoms in total. The fraction of sp³-hybridized carbons (Fsp3) is 0.351. The summed E-state index contributed by atoms with van der Waals surface area (Å²) in [6.45, 7) is 27.6. The Morgan fingerprint density at radius 3 is 1.67 bits per heavy atom. The predicted octanol–water partition coefficient (Wildman–Crippen LogP) is 17.5. The largest absolute Gasteiger partial charge is 0.335 e. The van der Waals surface area contributed by atoms with Gasteiger partial charge in [0.1, 0.15) is 0 Å². The molecule has 8 aliphatic rings. The highest BCUT2D eigenvalue weighted by Crippen LogP contribution is 2.68. The number of rotatable bonds is 4. The van der Waals surface area contributed by atoms with Crippen molar-refractivity contribution in [3.63, 3.8) is 0 Å². The molecule has 0 aromatic heterocycles. The molecule has 0 saturated heterocycles. The summed E-state index contributed by atoms with van der Waals surface area (Å²) < 4.78 is 0. The standard InChI is InChI=1S/C74H74BN3/c1-68(2)37-39-70(5,6)56-41-46(29-32-53(56)68)76(47-30-33-54-57(42-47)71(7,8)40-38-69(54,3)4)48-31-34-58-61(43-48)77-60-28-19-24-50-49-23-15-16-25-52(49)74(11,63(50)60)64-51(45-21-13-12-14-22-45)44-62-65(67(64)77)75(58)59-27-20-26-55-66(59)78(62)73(10)36-18-17-35-72(55,73)9/h12-16,19-34,41-44H,17-18,35-40H2,1-11H3. The van der Waals surface area contributed by atoms with Gasteiger partial charge >= 0.3 is 0 Å². The maximum absolute atomic E-state index is 2.92. The molecule has 4 aliphatic heterocycles. The van der Waals surface area contributed by atoms with Crippen LogP contribution in [0.1, 0.15) is 172 Å². The van der Waals surface area contributed by atoms with E-state index in [1.807, 2.05) is 0 Å². The van der Waals surface area contributed by atoms with Crippen molar-refractivity contribution in [3.8, 4) is 22.3 Å². The molecule has 78 heavy (non-hydrogen) atoms. The van der Waals surface area contributed by atoms with E-state index in [4.69, 9.17) is 0 Å². The van der Waals surface area contributed by atoms with Crippen LogP contribution in [0.5, 0.6) is 0 Å². The molecule has 8 aromatic carbocycles. The van der Waals surface area contributed by atoms with Crippen molar-refractivity contribution in [2.75, 3.05) is 14.7 Å². The third-order valence-corrected chi connectivity index (χ3v) is 22.7. The van der Waals surface area contributed by atoms with Crippen LogP contribution in [0, 0.1) is 0 Å². The van der Waals surface area contributed by atoms with Gasteiger partial charge < -0.3 is 14.7 Å². The smallest absolute Gasteiger partial charge is 0.252 e. The number of nitrogens with zero attached hydrogens (tertiary/aromatic N) is 3. The molecule has 1 saturated carbocycles. The van der Waals surface area contributed by atoms with Gasteiger partial charge in [-0.15, -0.1) is 0 Å². The summed E-state index contributed by atoms with van der Waals surface area (Å²) in [5.41, 5.74) is 31.8. The van der Waals surface area contributed by atoms with E-state index in [-0.39, 0.29) is 39.3 Å². The first-order valence-electron chi connectivity index (χ1n) is 29.8. The van der Waals surface area contributed by atoms with Crippen LogP contribution in [0.15, 0.2) is 152 Å². The SMILES string of the molecule is CC1(C)CCC(C)(C)c2cc(N(c3ccc4c(c3)N3c5cccc6c5C(C)(c5ccccc5-6)c5c(-c6ccccc6)cc6c(c53)B4c3cccc4c3N6C3(C)CCCCC43C)c3ccc4c(c3)C(C)(C)CCC4(C)C)ccc21. The lowest BCUT2D eigenvalue weighted by atomic mass is 9.32. The second kappa shape index (κ2) is 15.1. The van der Waals surface area contributed by atoms with Crippen LogP contribution >= 0.6 is 0 Å². The molecule has 0 radical (unpaired) electrons. The topological polar surface area (TPSA) is 9.72 Å². The number of benzene rings is 8. The highest BCUT2D eigenvalue weighted by molar-refractivity contribution is 7.00. The van der Waals surface area contributed by atoms with Crippen LogP contribution in [0.2, 0.25) is 0 Å². The molecule has 16 rings (SSSR count). The minimum Gasteiger partial charge on any atom is -0.335 e. The Bertz CT molecular complexity index is 3890. The summed E-state index contributed by atoms with van der Waals surface area (Å²) in [6, 6.07) is 61.0. The molecular formula is C74H74BN3. The van der Waals surface area contributed by atoms with E-state index < -0.39 is 5.41 Å². The summed E-state index contributed by atoms with van der Waals surface area (Å²) in [5, 5.41) is 0. The normalized spacial score (nSPS) is 24.7. The van der Waals surface area contributed by atoms with Gasteiger partial charge in [0.25, 0.3) is 6.71 Å². The highest BCUT2D eigenvalue weighted by Gasteiger charge is 2.63. The Balaban J connectivity index is 1.03. The van der Waals surface area contributed by atoms with E-state index in [1.165, 1.54) is 174 Å². The number of para-hydroxylation sites is 1. The van der Waals surface area contributed by atoms with Crippen LogP contribution in [0.25, 0.3) is 22.3 Å². The van der Waals surface area contributed by atoms with Gasteiger partial charge in [-0.3, -0.25) is 0 Å². The molecule has 4 heterocycles. The second-order valence-electron chi connectivity index (χ2n) is 28.6. The molecule has 4 heteroatoms. The van der Waals surface area contributed by atoms with E-state index >= 15 is 0 Å². The maximum Gasteiger partial charge on any atom is 0.252 e. The van der Waals surface area contributed by atoms with Gasteiger partial charge in [0.2, 0.25) is 0 Å². The highest BCUT2D eigenvalue weighted by atomic mass is 15.3. The molecule has 388 valence electrons. The van der Waals surface area contributed by atoms with Crippen molar-refractivity contribution in [3.05, 3.63) is 196 Å². The Kier molecular flexibility index (Phi) is 9.15. The van der Waals surface area contributed by atoms with E-state index in [9.17, 15) is 0 Å². The van der Waals surface area contributed by atoms with Crippen LogP contribution in [-0.4, -0.2) is 12.3 Å². The van der Waals surface area contributed by atoms with Gasteiger partial charge in [0, 0.05) is 50.6 Å². The zero-order chi connectivity index (χ0) is 53.4. The van der Waals surface area contributed by atoms with Gasteiger partial charge in [0.15, 0.2) is 0 Å². The van der Waals surface area contributed by atoms with E-state index in [0.717, 1.165) is 0 Å². The monoisotopic (exact) mass is 1020 g/mol. The van der Waals surface area contributed by atoms with Crippen molar-refractivity contribution >= 4 is 68.6 Å². The lowest BCUT2D eigenvalue weighted by Crippen LogP contribution is -2.65. The van der Waals surface area contributed by atoms with Gasteiger partial charge in [-0.2, -0.15) is 0 Å². The molecule has 0 N–H and O–H groups in total. The molecule has 1 fully saturated rings. The number of hydrogen-bond acceptors (Lipinski definition) is 3. The molecule has 0 spiro atoms. The van der Waals surface area contributed by atoms with Gasteiger partial charge in [0.05, 0.1) is 11.2 Å². The molecule has 3 unspecified atom stereocenters. The van der Waals surface area contributed by atoms with E-state index in [0.29, 0.717) is 0 Å². The molecule has 0 amide bonds. The van der Waals surface area contributed by atoms with Crippen molar-refractivity contribution in [2.45, 2.75) is 166 Å².